The molecule has 12 heteroatoms. The lowest BCUT2D eigenvalue weighted by atomic mass is 9.85. The predicted molar refractivity (Wildman–Crippen MR) is 152 cm³/mol. The molecular formula is C30H28FN9O2. The van der Waals surface area contributed by atoms with Crippen LogP contribution in [0.25, 0.3) is 28.0 Å². The topological polar surface area (TPSA) is 148 Å². The molecule has 5 aromatic rings. The largest absolute Gasteiger partial charge is 0.383 e. The molecule has 3 N–H and O–H groups in total. The highest BCUT2D eigenvalue weighted by molar-refractivity contribution is 6.00. The van der Waals surface area contributed by atoms with E-state index in [2.05, 4.69) is 25.3 Å². The number of nitrogens with two attached hydrogens (primary N) is 1. The summed E-state index contributed by atoms with van der Waals surface area (Å²) in [5, 5.41) is 12.4. The summed E-state index contributed by atoms with van der Waals surface area (Å²) < 4.78 is 14.9. The molecule has 7 rings (SSSR count). The van der Waals surface area contributed by atoms with Crippen LogP contribution in [0.4, 0.5) is 10.2 Å². The smallest absolute Gasteiger partial charge is 0.292 e. The minimum Gasteiger partial charge on any atom is -0.383 e. The molecule has 0 spiro atoms. The number of aromatic amines is 1. The van der Waals surface area contributed by atoms with E-state index in [1.54, 1.807) is 31.5 Å². The first kappa shape index (κ1) is 25.9. The zero-order valence-electron chi connectivity index (χ0n) is 23.1. The summed E-state index contributed by atoms with van der Waals surface area (Å²) in [5.41, 5.74) is 11.2. The first-order chi connectivity index (χ1) is 20.3. The third kappa shape index (κ3) is 4.21. The molecule has 0 radical (unpaired) electrons. The summed E-state index contributed by atoms with van der Waals surface area (Å²) in [6.07, 6.45) is 6.46. The number of carbonyl (C=O) groups is 2. The number of aromatic nitrogens is 7. The Morgan fingerprint density at radius 3 is 2.33 bits per heavy atom. The standard InChI is InChI=1S/C30H28FN9O2/c1-15(41)25-26(19-11-21-8-9-22(12-19)39(21)30(42)28-35-16(2)37-38-28)36-29-23(14-34-40(29)27(25)32)18-5-10-24(33-13-18)17-3-6-20(31)7-4-17/h3-7,10,13-14,19,21-22H,8-9,11-12,32H2,1-2H3,(H,35,37,38)/t19-,21+,22-. The van der Waals surface area contributed by atoms with E-state index in [4.69, 9.17) is 10.7 Å². The van der Waals surface area contributed by atoms with E-state index < -0.39 is 0 Å². The second-order valence-electron chi connectivity index (χ2n) is 11.1. The molecule has 3 atom stereocenters. The van der Waals surface area contributed by atoms with Crippen LogP contribution in [0, 0.1) is 12.7 Å². The number of Topliss-reactive ketones (excluding diaryl/α,β-unsaturated/α-hetero) is 1. The number of H-pyrrole nitrogens is 1. The molecule has 2 fully saturated rings. The van der Waals surface area contributed by atoms with Crippen LogP contribution in [0.3, 0.4) is 0 Å². The van der Waals surface area contributed by atoms with Crippen molar-refractivity contribution in [3.05, 3.63) is 77.5 Å². The van der Waals surface area contributed by atoms with Crippen LogP contribution < -0.4 is 5.73 Å². The van der Waals surface area contributed by atoms with Crippen molar-refractivity contribution >= 4 is 23.2 Å². The molecule has 2 aliphatic rings. The summed E-state index contributed by atoms with van der Waals surface area (Å²) in [5.74, 6) is 0.397. The minimum absolute atomic E-state index is 0.00157. The Labute approximate surface area is 240 Å². The van der Waals surface area contributed by atoms with Gasteiger partial charge in [-0.3, -0.25) is 14.6 Å². The summed E-state index contributed by atoms with van der Waals surface area (Å²) in [6, 6.07) is 9.94. The first-order valence-corrected chi connectivity index (χ1v) is 13.9. The Kier molecular flexibility index (Phi) is 6.07. The van der Waals surface area contributed by atoms with Crippen molar-refractivity contribution in [2.45, 2.75) is 57.5 Å². The maximum absolute atomic E-state index is 13.4. The van der Waals surface area contributed by atoms with Gasteiger partial charge in [-0.2, -0.15) is 9.61 Å². The van der Waals surface area contributed by atoms with Crippen LogP contribution in [-0.2, 0) is 0 Å². The number of nitrogens with zero attached hydrogens (tertiary/aromatic N) is 7. The van der Waals surface area contributed by atoms with Crippen molar-refractivity contribution in [3.63, 3.8) is 0 Å². The Balaban J connectivity index is 1.24. The lowest BCUT2D eigenvalue weighted by molar-refractivity contribution is 0.0556. The number of fused-ring (bicyclic) bond motifs is 3. The normalized spacial score (nSPS) is 19.9. The van der Waals surface area contributed by atoms with Crippen LogP contribution in [-0.4, -0.2) is 63.4 Å². The highest BCUT2D eigenvalue weighted by Crippen LogP contribution is 2.45. The van der Waals surface area contributed by atoms with Crippen LogP contribution in [0.5, 0.6) is 0 Å². The fraction of sp³-hybridized carbons (Fsp3) is 0.300. The number of nitrogens with one attached hydrogen (secondary N) is 1. The number of rotatable bonds is 5. The SMILES string of the molecule is CC(=O)c1c([C@H]2C[C@H]3CC[C@@H](C2)N3C(=O)c2nnc(C)[nH]2)nc2c(-c3ccc(-c4ccc(F)cc4)nc3)cnn2c1N. The maximum Gasteiger partial charge on any atom is 0.292 e. The number of hydrogen-bond acceptors (Lipinski definition) is 8. The molecule has 2 aliphatic heterocycles. The molecule has 1 aromatic carbocycles. The van der Waals surface area contributed by atoms with E-state index in [1.807, 2.05) is 17.0 Å². The van der Waals surface area contributed by atoms with Gasteiger partial charge >= 0.3 is 0 Å². The molecule has 2 bridgehead atoms. The van der Waals surface area contributed by atoms with Crippen molar-refractivity contribution in [2.75, 3.05) is 5.73 Å². The molecule has 2 saturated heterocycles. The van der Waals surface area contributed by atoms with Crippen LogP contribution in [0.1, 0.15) is 71.0 Å². The predicted octanol–water partition coefficient (Wildman–Crippen LogP) is 4.36. The van der Waals surface area contributed by atoms with Crippen molar-refractivity contribution < 1.29 is 14.0 Å². The van der Waals surface area contributed by atoms with Gasteiger partial charge in [0.25, 0.3) is 5.91 Å². The third-order valence-corrected chi connectivity index (χ3v) is 8.43. The lowest BCUT2D eigenvalue weighted by Crippen LogP contribution is -2.46. The van der Waals surface area contributed by atoms with Crippen LogP contribution >= 0.6 is 0 Å². The number of nitrogen functional groups attached to an aromatic ring is 1. The van der Waals surface area contributed by atoms with Gasteiger partial charge in [-0.15, -0.1) is 10.2 Å². The van der Waals surface area contributed by atoms with Crippen LogP contribution in [0.15, 0.2) is 48.8 Å². The highest BCUT2D eigenvalue weighted by Gasteiger charge is 2.46. The molecule has 11 nitrogen and oxygen atoms in total. The summed E-state index contributed by atoms with van der Waals surface area (Å²) in [6.45, 7) is 3.26. The highest BCUT2D eigenvalue weighted by atomic mass is 19.1. The molecule has 6 heterocycles. The summed E-state index contributed by atoms with van der Waals surface area (Å²) in [4.78, 5) is 40.7. The van der Waals surface area contributed by atoms with E-state index >= 15 is 0 Å². The van der Waals surface area contributed by atoms with Gasteiger partial charge in [-0.05, 0) is 69.9 Å². The minimum atomic E-state index is -0.304. The number of pyridine rings is 1. The van der Waals surface area contributed by atoms with E-state index in [0.29, 0.717) is 41.3 Å². The number of amides is 1. The first-order valence-electron chi connectivity index (χ1n) is 13.9. The molecule has 4 aromatic heterocycles. The zero-order valence-corrected chi connectivity index (χ0v) is 23.1. The van der Waals surface area contributed by atoms with Gasteiger partial charge < -0.3 is 15.6 Å². The number of hydrogen-bond donors (Lipinski definition) is 2. The Hall–Kier alpha value is -5.00. The zero-order chi connectivity index (χ0) is 29.1. The summed E-state index contributed by atoms with van der Waals surface area (Å²) >= 11 is 0. The van der Waals surface area contributed by atoms with Gasteiger partial charge in [0.1, 0.15) is 17.5 Å². The molecule has 0 aliphatic carbocycles. The number of halogens is 1. The lowest BCUT2D eigenvalue weighted by Gasteiger charge is -2.38. The molecule has 0 unspecified atom stereocenters. The third-order valence-electron chi connectivity index (χ3n) is 8.43. The number of aryl methyl sites for hydroxylation is 1. The number of ketones is 1. The van der Waals surface area contributed by atoms with Gasteiger partial charge in [0.15, 0.2) is 11.4 Å². The quantitative estimate of drug-likeness (QED) is 0.299. The molecule has 0 saturated carbocycles. The van der Waals surface area contributed by atoms with Gasteiger partial charge in [0.2, 0.25) is 5.82 Å². The number of anilines is 1. The van der Waals surface area contributed by atoms with E-state index in [0.717, 1.165) is 29.5 Å². The van der Waals surface area contributed by atoms with Gasteiger partial charge in [0.05, 0.1) is 23.1 Å². The second-order valence-corrected chi connectivity index (χ2v) is 11.1. The maximum atomic E-state index is 13.4. The Bertz CT molecular complexity index is 1830. The average Bonchev–Trinajstić information content (AvgIpc) is 3.68. The molecular weight excluding hydrogens is 537 g/mol. The number of carbonyl (C=O) groups excluding carboxylic acids is 2. The molecule has 212 valence electrons. The van der Waals surface area contributed by atoms with Gasteiger partial charge in [-0.1, -0.05) is 6.07 Å². The fourth-order valence-electron chi connectivity index (χ4n) is 6.53. The van der Waals surface area contributed by atoms with E-state index in [1.165, 1.54) is 23.6 Å². The van der Waals surface area contributed by atoms with Gasteiger partial charge in [0, 0.05) is 40.9 Å². The number of piperidine rings is 1. The Morgan fingerprint density at radius 1 is 1.00 bits per heavy atom. The van der Waals surface area contributed by atoms with E-state index in [9.17, 15) is 14.0 Å². The van der Waals surface area contributed by atoms with Crippen LogP contribution in [0.2, 0.25) is 0 Å². The van der Waals surface area contributed by atoms with Crippen molar-refractivity contribution in [2.24, 2.45) is 0 Å². The van der Waals surface area contributed by atoms with Gasteiger partial charge in [-0.25, -0.2) is 9.37 Å². The number of benzene rings is 1. The van der Waals surface area contributed by atoms with Crippen molar-refractivity contribution in [1.82, 2.24) is 39.7 Å². The average molecular weight is 566 g/mol. The second kappa shape index (κ2) is 9.82. The van der Waals surface area contributed by atoms with E-state index in [-0.39, 0.29) is 47.2 Å². The summed E-state index contributed by atoms with van der Waals surface area (Å²) in [7, 11) is 0. The Morgan fingerprint density at radius 2 is 1.71 bits per heavy atom. The monoisotopic (exact) mass is 565 g/mol. The fourth-order valence-corrected chi connectivity index (χ4v) is 6.53. The van der Waals surface area contributed by atoms with Crippen molar-refractivity contribution in [1.29, 1.82) is 0 Å². The molecule has 1 amide bonds. The molecule has 42 heavy (non-hydrogen) atoms. The van der Waals surface area contributed by atoms with Crippen molar-refractivity contribution in [3.8, 4) is 22.4 Å².